The van der Waals surface area contributed by atoms with E-state index in [4.69, 9.17) is 10.5 Å². The summed E-state index contributed by atoms with van der Waals surface area (Å²) < 4.78 is 42.1. The molecule has 0 fully saturated rings. The van der Waals surface area contributed by atoms with Crippen molar-refractivity contribution in [1.29, 1.82) is 0 Å². The molecule has 0 bridgehead atoms. The molecule has 3 nitrogen and oxygen atoms in total. The zero-order valence-electron chi connectivity index (χ0n) is 11.2. The number of methoxy groups -OCH3 is 1. The van der Waals surface area contributed by atoms with Gasteiger partial charge in [0.05, 0.1) is 13.0 Å². The number of nitrogens with two attached hydrogens (primary N) is 1. The number of ether oxygens (including phenoxy) is 1. The van der Waals surface area contributed by atoms with Crippen molar-refractivity contribution in [2.24, 2.45) is 11.7 Å². The number of halogens is 3. The van der Waals surface area contributed by atoms with Gasteiger partial charge in [0.1, 0.15) is 5.75 Å². The van der Waals surface area contributed by atoms with Crippen molar-refractivity contribution < 1.29 is 17.9 Å². The Morgan fingerprint density at radius 1 is 1.21 bits per heavy atom. The summed E-state index contributed by atoms with van der Waals surface area (Å²) in [6, 6.07) is 6.69. The Labute approximate surface area is 111 Å². The van der Waals surface area contributed by atoms with Gasteiger partial charge in [-0.05, 0) is 30.5 Å². The van der Waals surface area contributed by atoms with Gasteiger partial charge >= 0.3 is 6.18 Å². The number of benzene rings is 1. The second kappa shape index (κ2) is 7.35. The Kier molecular flexibility index (Phi) is 6.86. The summed E-state index contributed by atoms with van der Waals surface area (Å²) in [6.07, 6.45) is -3.79. The molecule has 0 heterocycles. The van der Waals surface area contributed by atoms with E-state index in [1.165, 1.54) is 0 Å². The molecular weight excluding hydrogens is 257 g/mol. The van der Waals surface area contributed by atoms with Crippen molar-refractivity contribution in [3.05, 3.63) is 29.8 Å². The second-order valence-electron chi connectivity index (χ2n) is 4.49. The summed E-state index contributed by atoms with van der Waals surface area (Å²) in [4.78, 5) is 0. The summed E-state index contributed by atoms with van der Waals surface area (Å²) in [5, 5.41) is 0. The summed E-state index contributed by atoms with van der Waals surface area (Å²) in [7, 11) is 1.56. The maximum absolute atomic E-state index is 12.4. The lowest BCUT2D eigenvalue weighted by atomic mass is 9.96. The number of alkyl halides is 3. The SMILES string of the molecule is COc1ccc(CC(N)C[C@H](C)C(F)(F)F)cc1.N. The van der Waals surface area contributed by atoms with Gasteiger partial charge in [0.2, 0.25) is 0 Å². The maximum Gasteiger partial charge on any atom is 0.391 e. The van der Waals surface area contributed by atoms with Crippen LogP contribution >= 0.6 is 0 Å². The van der Waals surface area contributed by atoms with Crippen LogP contribution in [0.25, 0.3) is 0 Å². The fourth-order valence-corrected chi connectivity index (χ4v) is 1.74. The molecule has 0 spiro atoms. The molecule has 0 aromatic heterocycles. The zero-order valence-corrected chi connectivity index (χ0v) is 11.2. The van der Waals surface area contributed by atoms with Gasteiger partial charge in [0.25, 0.3) is 0 Å². The molecule has 110 valence electrons. The highest BCUT2D eigenvalue weighted by Crippen LogP contribution is 2.29. The first-order valence-corrected chi connectivity index (χ1v) is 5.78. The third kappa shape index (κ3) is 5.94. The lowest BCUT2D eigenvalue weighted by Crippen LogP contribution is -2.31. The van der Waals surface area contributed by atoms with Gasteiger partial charge in [-0.1, -0.05) is 19.1 Å². The smallest absolute Gasteiger partial charge is 0.391 e. The van der Waals surface area contributed by atoms with E-state index >= 15 is 0 Å². The fraction of sp³-hybridized carbons (Fsp3) is 0.538. The third-order valence-corrected chi connectivity index (χ3v) is 2.87. The van der Waals surface area contributed by atoms with Crippen molar-refractivity contribution in [3.8, 4) is 5.75 Å². The molecule has 0 saturated heterocycles. The van der Waals surface area contributed by atoms with E-state index < -0.39 is 18.1 Å². The molecule has 6 heteroatoms. The zero-order chi connectivity index (χ0) is 13.8. The van der Waals surface area contributed by atoms with Crippen molar-refractivity contribution >= 4 is 0 Å². The lowest BCUT2D eigenvalue weighted by Gasteiger charge is -2.19. The first-order valence-electron chi connectivity index (χ1n) is 5.78. The van der Waals surface area contributed by atoms with Crippen LogP contribution in [0.3, 0.4) is 0 Å². The average Bonchev–Trinajstić information content (AvgIpc) is 2.28. The molecule has 0 saturated carbocycles. The molecule has 0 aliphatic rings. The maximum atomic E-state index is 12.4. The number of rotatable bonds is 5. The molecule has 5 N–H and O–H groups in total. The summed E-state index contributed by atoms with van der Waals surface area (Å²) in [6.45, 7) is 1.16. The minimum absolute atomic E-state index is 0. The van der Waals surface area contributed by atoms with Crippen LogP contribution in [0.1, 0.15) is 18.9 Å². The first-order chi connectivity index (χ1) is 8.32. The minimum Gasteiger partial charge on any atom is -0.497 e. The van der Waals surface area contributed by atoms with Crippen LogP contribution in [-0.2, 0) is 6.42 Å². The van der Waals surface area contributed by atoms with Crippen LogP contribution in [0.4, 0.5) is 13.2 Å². The van der Waals surface area contributed by atoms with Crippen molar-refractivity contribution in [3.63, 3.8) is 0 Å². The Morgan fingerprint density at radius 2 is 1.74 bits per heavy atom. The van der Waals surface area contributed by atoms with Crippen molar-refractivity contribution in [2.75, 3.05) is 7.11 Å². The topological polar surface area (TPSA) is 70.2 Å². The molecular formula is C13H21F3N2O. The molecule has 1 aromatic carbocycles. The standard InChI is InChI=1S/C13H18F3NO.H3N/c1-9(13(14,15)16)7-11(17)8-10-3-5-12(18-2)6-4-10;/h3-6,9,11H,7-8,17H2,1-2H3;1H3/t9-,11?;/m0./s1. The van der Waals surface area contributed by atoms with Gasteiger partial charge < -0.3 is 16.6 Å². The van der Waals surface area contributed by atoms with Gasteiger partial charge in [-0.25, -0.2) is 0 Å². The minimum atomic E-state index is -4.17. The number of hydrogen-bond donors (Lipinski definition) is 2. The van der Waals surface area contributed by atoms with E-state index in [1.54, 1.807) is 19.2 Å². The predicted octanol–water partition coefficient (Wildman–Crippen LogP) is 3.32. The van der Waals surface area contributed by atoms with Crippen LogP contribution in [0.2, 0.25) is 0 Å². The van der Waals surface area contributed by atoms with Gasteiger partial charge in [-0.3, -0.25) is 0 Å². The first kappa shape index (κ1) is 17.7. The molecule has 0 aliphatic heterocycles. The van der Waals surface area contributed by atoms with Crippen LogP contribution in [-0.4, -0.2) is 19.3 Å². The molecule has 0 aliphatic carbocycles. The Hall–Kier alpha value is -1.27. The highest BCUT2D eigenvalue weighted by atomic mass is 19.4. The van der Waals surface area contributed by atoms with E-state index in [9.17, 15) is 13.2 Å². The molecule has 2 atom stereocenters. The molecule has 1 aromatic rings. The van der Waals surface area contributed by atoms with Crippen molar-refractivity contribution in [1.82, 2.24) is 6.15 Å². The normalized spacial score (nSPS) is 14.4. The van der Waals surface area contributed by atoms with Crippen LogP contribution in [0, 0.1) is 5.92 Å². The van der Waals surface area contributed by atoms with Crippen LogP contribution in [0.5, 0.6) is 5.75 Å². The fourth-order valence-electron chi connectivity index (χ4n) is 1.74. The molecule has 19 heavy (non-hydrogen) atoms. The van der Waals surface area contributed by atoms with Gasteiger partial charge in [-0.2, -0.15) is 13.2 Å². The molecule has 0 radical (unpaired) electrons. The predicted molar refractivity (Wildman–Crippen MR) is 69.5 cm³/mol. The molecule has 0 amide bonds. The van der Waals surface area contributed by atoms with E-state index in [2.05, 4.69) is 0 Å². The monoisotopic (exact) mass is 278 g/mol. The molecule has 1 rings (SSSR count). The van der Waals surface area contributed by atoms with E-state index in [-0.39, 0.29) is 12.6 Å². The van der Waals surface area contributed by atoms with Gasteiger partial charge in [-0.15, -0.1) is 0 Å². The quantitative estimate of drug-likeness (QED) is 0.868. The van der Waals surface area contributed by atoms with Crippen LogP contribution < -0.4 is 16.6 Å². The second-order valence-corrected chi connectivity index (χ2v) is 4.49. The van der Waals surface area contributed by atoms with Gasteiger partial charge in [0.15, 0.2) is 0 Å². The summed E-state index contributed by atoms with van der Waals surface area (Å²) in [5.74, 6) is -0.651. The largest absolute Gasteiger partial charge is 0.497 e. The highest BCUT2D eigenvalue weighted by Gasteiger charge is 2.36. The lowest BCUT2D eigenvalue weighted by molar-refractivity contribution is -0.172. The Bertz CT molecular complexity index is 365. The number of hydrogen-bond acceptors (Lipinski definition) is 3. The van der Waals surface area contributed by atoms with Crippen LogP contribution in [0.15, 0.2) is 24.3 Å². The van der Waals surface area contributed by atoms with E-state index in [0.29, 0.717) is 6.42 Å². The summed E-state index contributed by atoms with van der Waals surface area (Å²) >= 11 is 0. The van der Waals surface area contributed by atoms with E-state index in [1.807, 2.05) is 12.1 Å². The van der Waals surface area contributed by atoms with Gasteiger partial charge in [0, 0.05) is 6.04 Å². The highest BCUT2D eigenvalue weighted by molar-refractivity contribution is 5.27. The Balaban J connectivity index is 0.00000324. The van der Waals surface area contributed by atoms with E-state index in [0.717, 1.165) is 18.2 Å². The summed E-state index contributed by atoms with van der Waals surface area (Å²) in [5.41, 5.74) is 6.66. The third-order valence-electron chi connectivity index (χ3n) is 2.87. The van der Waals surface area contributed by atoms with Crippen molar-refractivity contribution in [2.45, 2.75) is 32.0 Å². The Morgan fingerprint density at radius 3 is 2.16 bits per heavy atom. The average molecular weight is 278 g/mol. The molecule has 1 unspecified atom stereocenters.